The molecule has 5 N–H and O–H groups in total. The fraction of sp³-hybridized carbons (Fsp3) is 0.417. The molecule has 1 aromatic rings. The van der Waals surface area contributed by atoms with Gasteiger partial charge in [0.05, 0.1) is 18.0 Å². The lowest BCUT2D eigenvalue weighted by Gasteiger charge is -2.22. The first-order chi connectivity index (χ1) is 8.93. The van der Waals surface area contributed by atoms with Gasteiger partial charge in [0.2, 0.25) is 0 Å². The van der Waals surface area contributed by atoms with Crippen LogP contribution in [0.1, 0.15) is 16.8 Å². The van der Waals surface area contributed by atoms with E-state index in [2.05, 4.69) is 5.32 Å². The first kappa shape index (κ1) is 13.6. The van der Waals surface area contributed by atoms with Crippen molar-refractivity contribution < 1.29 is 24.1 Å². The molecule has 1 aromatic carbocycles. The summed E-state index contributed by atoms with van der Waals surface area (Å²) in [6.45, 7) is 0.743. The fourth-order valence-corrected chi connectivity index (χ4v) is 1.97. The summed E-state index contributed by atoms with van der Waals surface area (Å²) in [5, 5.41) is 21.9. The number of carbonyl (C=O) groups is 1. The van der Waals surface area contributed by atoms with Crippen LogP contribution in [-0.2, 0) is 4.74 Å². The van der Waals surface area contributed by atoms with E-state index in [1.54, 1.807) is 0 Å². The predicted molar refractivity (Wildman–Crippen MR) is 66.6 cm³/mol. The van der Waals surface area contributed by atoms with Crippen LogP contribution in [-0.4, -0.2) is 41.5 Å². The molecule has 7 heteroatoms. The molecule has 0 aliphatic carbocycles. The molecule has 0 spiro atoms. The molecular formula is C12H15FN2O4. The number of hydrogen-bond donors (Lipinski definition) is 4. The molecule has 104 valence electrons. The van der Waals surface area contributed by atoms with Crippen molar-refractivity contribution in [3.8, 4) is 0 Å². The highest BCUT2D eigenvalue weighted by atomic mass is 19.1. The Morgan fingerprint density at radius 3 is 2.89 bits per heavy atom. The maximum atomic E-state index is 13.3. The standard InChI is InChI=1S/C12H15FN2O4/c13-7-1-2-8(9(10(7)14)11(16)17)15-5-12(18)3-4-19-6-12/h1-2,15,18H,3-6,14H2,(H,16,17). The zero-order chi connectivity index (χ0) is 14.0. The van der Waals surface area contributed by atoms with E-state index in [0.717, 1.165) is 6.07 Å². The van der Waals surface area contributed by atoms with E-state index in [-0.39, 0.29) is 24.4 Å². The molecular weight excluding hydrogens is 255 g/mol. The van der Waals surface area contributed by atoms with Gasteiger partial charge >= 0.3 is 5.97 Å². The molecule has 0 bridgehead atoms. The summed E-state index contributed by atoms with van der Waals surface area (Å²) < 4.78 is 18.3. The van der Waals surface area contributed by atoms with Crippen LogP contribution >= 0.6 is 0 Å². The summed E-state index contributed by atoms with van der Waals surface area (Å²) in [5.41, 5.74) is 3.79. The van der Waals surface area contributed by atoms with E-state index in [1.165, 1.54) is 6.07 Å². The molecule has 0 radical (unpaired) electrons. The van der Waals surface area contributed by atoms with Crippen molar-refractivity contribution in [2.24, 2.45) is 0 Å². The van der Waals surface area contributed by atoms with Gasteiger partial charge in [-0.2, -0.15) is 0 Å². The largest absolute Gasteiger partial charge is 0.478 e. The number of rotatable bonds is 4. The molecule has 1 aliphatic rings. The molecule has 1 unspecified atom stereocenters. The van der Waals surface area contributed by atoms with E-state index < -0.39 is 23.1 Å². The van der Waals surface area contributed by atoms with Gasteiger partial charge in [-0.1, -0.05) is 0 Å². The van der Waals surface area contributed by atoms with Gasteiger partial charge in [-0.15, -0.1) is 0 Å². The Morgan fingerprint density at radius 2 is 2.32 bits per heavy atom. The fourth-order valence-electron chi connectivity index (χ4n) is 1.97. The number of nitrogens with two attached hydrogens (primary N) is 1. The topological polar surface area (TPSA) is 105 Å². The van der Waals surface area contributed by atoms with Gasteiger partial charge in [0.15, 0.2) is 0 Å². The summed E-state index contributed by atoms with van der Waals surface area (Å²) in [6, 6.07) is 2.37. The molecule has 1 heterocycles. The van der Waals surface area contributed by atoms with Crippen molar-refractivity contribution in [1.29, 1.82) is 0 Å². The van der Waals surface area contributed by atoms with Crippen molar-refractivity contribution in [2.45, 2.75) is 12.0 Å². The normalized spacial score (nSPS) is 22.4. The number of benzene rings is 1. The second-order valence-electron chi connectivity index (χ2n) is 4.57. The van der Waals surface area contributed by atoms with Crippen LogP contribution in [0.2, 0.25) is 0 Å². The quantitative estimate of drug-likeness (QED) is 0.599. The number of nitrogen functional groups attached to an aromatic ring is 1. The minimum Gasteiger partial charge on any atom is -0.478 e. The average Bonchev–Trinajstić information content (AvgIpc) is 2.78. The number of anilines is 2. The van der Waals surface area contributed by atoms with E-state index in [1.807, 2.05) is 0 Å². The summed E-state index contributed by atoms with van der Waals surface area (Å²) in [5.74, 6) is -2.11. The molecule has 19 heavy (non-hydrogen) atoms. The van der Waals surface area contributed by atoms with E-state index in [0.29, 0.717) is 13.0 Å². The number of halogens is 1. The van der Waals surface area contributed by atoms with Gasteiger partial charge in [0.1, 0.15) is 17.0 Å². The number of carboxylic acid groups (broad SMARTS) is 1. The van der Waals surface area contributed by atoms with Gasteiger partial charge in [0, 0.05) is 19.6 Å². The van der Waals surface area contributed by atoms with Crippen LogP contribution in [0.15, 0.2) is 12.1 Å². The molecule has 0 aromatic heterocycles. The van der Waals surface area contributed by atoms with Crippen LogP contribution in [0.3, 0.4) is 0 Å². The maximum Gasteiger partial charge on any atom is 0.340 e. The molecule has 1 aliphatic heterocycles. The maximum absolute atomic E-state index is 13.3. The van der Waals surface area contributed by atoms with Gasteiger partial charge in [-0.3, -0.25) is 0 Å². The molecule has 2 rings (SSSR count). The highest BCUT2D eigenvalue weighted by Gasteiger charge is 2.32. The molecule has 6 nitrogen and oxygen atoms in total. The average molecular weight is 270 g/mol. The number of ether oxygens (including phenoxy) is 1. The van der Waals surface area contributed by atoms with Crippen molar-refractivity contribution >= 4 is 17.3 Å². The van der Waals surface area contributed by atoms with Crippen molar-refractivity contribution in [1.82, 2.24) is 0 Å². The SMILES string of the molecule is Nc1c(F)ccc(NCC2(O)CCOC2)c1C(=O)O. The van der Waals surface area contributed by atoms with Crippen LogP contribution in [0.5, 0.6) is 0 Å². The van der Waals surface area contributed by atoms with E-state index >= 15 is 0 Å². The molecule has 0 amide bonds. The Labute approximate surface area is 109 Å². The first-order valence-corrected chi connectivity index (χ1v) is 5.78. The summed E-state index contributed by atoms with van der Waals surface area (Å²) >= 11 is 0. The predicted octanol–water partition coefficient (Wildman–Crippen LogP) is 0.669. The minimum absolute atomic E-state index is 0.109. The lowest BCUT2D eigenvalue weighted by Crippen LogP contribution is -2.37. The van der Waals surface area contributed by atoms with E-state index in [9.17, 15) is 14.3 Å². The Balaban J connectivity index is 2.20. The zero-order valence-electron chi connectivity index (χ0n) is 10.1. The Kier molecular flexibility index (Phi) is 3.59. The third-order valence-electron chi connectivity index (χ3n) is 3.10. The lowest BCUT2D eigenvalue weighted by atomic mass is 10.0. The highest BCUT2D eigenvalue weighted by Crippen LogP contribution is 2.26. The summed E-state index contributed by atoms with van der Waals surface area (Å²) in [7, 11) is 0. The van der Waals surface area contributed by atoms with Crippen LogP contribution in [0.25, 0.3) is 0 Å². The second kappa shape index (κ2) is 5.02. The Bertz CT molecular complexity index is 501. The first-order valence-electron chi connectivity index (χ1n) is 5.78. The van der Waals surface area contributed by atoms with Gasteiger partial charge < -0.3 is 26.0 Å². The number of carboxylic acids is 1. The molecule has 1 fully saturated rings. The van der Waals surface area contributed by atoms with Crippen LogP contribution in [0, 0.1) is 5.82 Å². The zero-order valence-corrected chi connectivity index (χ0v) is 10.1. The Morgan fingerprint density at radius 1 is 1.58 bits per heavy atom. The number of hydrogen-bond acceptors (Lipinski definition) is 5. The van der Waals surface area contributed by atoms with Gasteiger partial charge in [-0.05, 0) is 12.1 Å². The number of aliphatic hydroxyl groups is 1. The van der Waals surface area contributed by atoms with Crippen LogP contribution < -0.4 is 11.1 Å². The van der Waals surface area contributed by atoms with Crippen molar-refractivity contribution in [2.75, 3.05) is 30.8 Å². The summed E-state index contributed by atoms with van der Waals surface area (Å²) in [4.78, 5) is 11.1. The van der Waals surface area contributed by atoms with E-state index in [4.69, 9.17) is 15.6 Å². The van der Waals surface area contributed by atoms with Crippen molar-refractivity contribution in [3.63, 3.8) is 0 Å². The monoisotopic (exact) mass is 270 g/mol. The summed E-state index contributed by atoms with van der Waals surface area (Å²) in [6.07, 6.45) is 0.457. The molecule has 1 saturated heterocycles. The highest BCUT2D eigenvalue weighted by molar-refractivity contribution is 6.00. The third kappa shape index (κ3) is 2.77. The Hall–Kier alpha value is -1.86. The minimum atomic E-state index is -1.32. The lowest BCUT2D eigenvalue weighted by molar-refractivity contribution is 0.0381. The number of nitrogens with one attached hydrogen (secondary N) is 1. The second-order valence-corrected chi connectivity index (χ2v) is 4.57. The molecule has 0 saturated carbocycles. The number of aromatic carboxylic acids is 1. The van der Waals surface area contributed by atoms with Gasteiger partial charge in [0.25, 0.3) is 0 Å². The van der Waals surface area contributed by atoms with Crippen LogP contribution in [0.4, 0.5) is 15.8 Å². The van der Waals surface area contributed by atoms with Crippen molar-refractivity contribution in [3.05, 3.63) is 23.5 Å². The van der Waals surface area contributed by atoms with Gasteiger partial charge in [-0.25, -0.2) is 9.18 Å². The third-order valence-corrected chi connectivity index (χ3v) is 3.10. The molecule has 1 atom stereocenters. The smallest absolute Gasteiger partial charge is 0.340 e.